The molecule has 0 aliphatic carbocycles. The van der Waals surface area contributed by atoms with E-state index < -0.39 is 0 Å². The second-order valence-corrected chi connectivity index (χ2v) is 5.08. The van der Waals surface area contributed by atoms with Gasteiger partial charge in [-0.3, -0.25) is 4.79 Å². The smallest absolute Gasteiger partial charge is 0.220 e. The van der Waals surface area contributed by atoms with E-state index in [1.54, 1.807) is 0 Å². The maximum atomic E-state index is 11.5. The third kappa shape index (κ3) is 10.6. The van der Waals surface area contributed by atoms with E-state index in [0.717, 1.165) is 19.3 Å². The van der Waals surface area contributed by atoms with E-state index >= 15 is 0 Å². The lowest BCUT2D eigenvalue weighted by Gasteiger charge is -2.13. The fourth-order valence-electron chi connectivity index (χ4n) is 2.00. The number of aliphatic hydroxyl groups is 1. The van der Waals surface area contributed by atoms with Crippen molar-refractivity contribution in [2.24, 2.45) is 0 Å². The van der Waals surface area contributed by atoms with Gasteiger partial charge in [0.15, 0.2) is 0 Å². The van der Waals surface area contributed by atoms with E-state index in [2.05, 4.69) is 12.2 Å². The molecule has 0 radical (unpaired) electrons. The number of hydrogen-bond acceptors (Lipinski definition) is 2. The number of unbranched alkanes of at least 4 members (excludes halogenated alkanes) is 7. The minimum atomic E-state index is -0.0634. The molecule has 0 aromatic carbocycles. The quantitative estimate of drug-likeness (QED) is 0.526. The molecule has 0 fully saturated rings. The summed E-state index contributed by atoms with van der Waals surface area (Å²) in [6.07, 6.45) is 11.4. The summed E-state index contributed by atoms with van der Waals surface area (Å²) in [5.41, 5.74) is 0. The SMILES string of the molecule is CCCCCCCCCCC(=O)NC(CC)CO. The van der Waals surface area contributed by atoms with Crippen LogP contribution in [-0.2, 0) is 4.79 Å². The number of amides is 1. The number of aliphatic hydroxyl groups excluding tert-OH is 1. The maximum absolute atomic E-state index is 11.5. The van der Waals surface area contributed by atoms with Gasteiger partial charge in [0.1, 0.15) is 0 Å². The fourth-order valence-corrected chi connectivity index (χ4v) is 2.00. The van der Waals surface area contributed by atoms with Gasteiger partial charge in [-0.1, -0.05) is 58.8 Å². The lowest BCUT2D eigenvalue weighted by molar-refractivity contribution is -0.122. The molecule has 2 N–H and O–H groups in total. The number of nitrogens with one attached hydrogen (secondary N) is 1. The molecule has 0 saturated heterocycles. The zero-order valence-corrected chi connectivity index (χ0v) is 12.2. The van der Waals surface area contributed by atoms with E-state index in [-0.39, 0.29) is 18.6 Å². The van der Waals surface area contributed by atoms with Gasteiger partial charge in [-0.15, -0.1) is 0 Å². The van der Waals surface area contributed by atoms with Crippen LogP contribution in [0.1, 0.15) is 78.1 Å². The van der Waals surface area contributed by atoms with Crippen LogP contribution in [-0.4, -0.2) is 23.7 Å². The summed E-state index contributed by atoms with van der Waals surface area (Å²) >= 11 is 0. The summed E-state index contributed by atoms with van der Waals surface area (Å²) in [5.74, 6) is 0.0851. The first-order valence-electron chi connectivity index (χ1n) is 7.64. The molecule has 0 aliphatic rings. The monoisotopic (exact) mass is 257 g/mol. The molecule has 3 heteroatoms. The molecule has 1 atom stereocenters. The first kappa shape index (κ1) is 17.4. The molecule has 0 heterocycles. The highest BCUT2D eigenvalue weighted by Crippen LogP contribution is 2.09. The Balaban J connectivity index is 3.30. The average Bonchev–Trinajstić information content (AvgIpc) is 2.39. The fraction of sp³-hybridized carbons (Fsp3) is 0.933. The Bertz CT molecular complexity index is 191. The Hall–Kier alpha value is -0.570. The molecule has 0 rings (SSSR count). The Labute approximate surface area is 112 Å². The molecule has 0 aromatic rings. The summed E-state index contributed by atoms with van der Waals surface area (Å²) in [6.45, 7) is 4.24. The molecule has 0 bridgehead atoms. The Morgan fingerprint density at radius 3 is 2.06 bits per heavy atom. The van der Waals surface area contributed by atoms with Crippen molar-refractivity contribution in [3.05, 3.63) is 0 Å². The van der Waals surface area contributed by atoms with E-state index in [9.17, 15) is 4.79 Å². The number of carbonyl (C=O) groups excluding carboxylic acids is 1. The minimum Gasteiger partial charge on any atom is -0.394 e. The molecule has 0 aromatic heterocycles. The van der Waals surface area contributed by atoms with Gasteiger partial charge in [0, 0.05) is 6.42 Å². The van der Waals surface area contributed by atoms with Crippen LogP contribution in [0.15, 0.2) is 0 Å². The van der Waals surface area contributed by atoms with Gasteiger partial charge in [0.25, 0.3) is 0 Å². The van der Waals surface area contributed by atoms with Crippen LogP contribution in [0.2, 0.25) is 0 Å². The molecule has 108 valence electrons. The van der Waals surface area contributed by atoms with E-state index in [1.807, 2.05) is 6.92 Å². The summed E-state index contributed by atoms with van der Waals surface area (Å²) in [4.78, 5) is 11.5. The van der Waals surface area contributed by atoms with Crippen LogP contribution < -0.4 is 5.32 Å². The molecular weight excluding hydrogens is 226 g/mol. The van der Waals surface area contributed by atoms with E-state index in [4.69, 9.17) is 5.11 Å². The largest absolute Gasteiger partial charge is 0.394 e. The second-order valence-electron chi connectivity index (χ2n) is 5.08. The summed E-state index contributed by atoms with van der Waals surface area (Å²) in [7, 11) is 0. The van der Waals surface area contributed by atoms with E-state index in [0.29, 0.717) is 6.42 Å². The molecular formula is C15H31NO2. The van der Waals surface area contributed by atoms with Gasteiger partial charge in [-0.05, 0) is 12.8 Å². The molecule has 18 heavy (non-hydrogen) atoms. The van der Waals surface area contributed by atoms with E-state index in [1.165, 1.54) is 38.5 Å². The lowest BCUT2D eigenvalue weighted by Crippen LogP contribution is -2.36. The van der Waals surface area contributed by atoms with Gasteiger partial charge in [-0.25, -0.2) is 0 Å². The van der Waals surface area contributed by atoms with Gasteiger partial charge >= 0.3 is 0 Å². The third-order valence-electron chi connectivity index (χ3n) is 3.34. The average molecular weight is 257 g/mol. The Kier molecular flexibility index (Phi) is 12.5. The molecule has 0 spiro atoms. The van der Waals surface area contributed by atoms with Gasteiger partial charge < -0.3 is 10.4 Å². The summed E-state index contributed by atoms with van der Waals surface area (Å²) in [6, 6.07) is -0.0634. The van der Waals surface area contributed by atoms with Crippen LogP contribution in [0, 0.1) is 0 Å². The topological polar surface area (TPSA) is 49.3 Å². The minimum absolute atomic E-state index is 0.0413. The zero-order chi connectivity index (χ0) is 13.6. The lowest BCUT2D eigenvalue weighted by atomic mass is 10.1. The summed E-state index contributed by atoms with van der Waals surface area (Å²) in [5, 5.41) is 11.8. The third-order valence-corrected chi connectivity index (χ3v) is 3.34. The molecule has 0 aliphatic heterocycles. The van der Waals surface area contributed by atoms with Crippen LogP contribution in [0.5, 0.6) is 0 Å². The van der Waals surface area contributed by atoms with Gasteiger partial charge in [-0.2, -0.15) is 0 Å². The Morgan fingerprint density at radius 1 is 1.00 bits per heavy atom. The van der Waals surface area contributed by atoms with Gasteiger partial charge in [0.05, 0.1) is 12.6 Å². The molecule has 1 unspecified atom stereocenters. The van der Waals surface area contributed by atoms with Crippen molar-refractivity contribution in [2.75, 3.05) is 6.61 Å². The van der Waals surface area contributed by atoms with Crippen LogP contribution >= 0.6 is 0 Å². The highest BCUT2D eigenvalue weighted by Gasteiger charge is 2.08. The van der Waals surface area contributed by atoms with Crippen molar-refractivity contribution in [1.29, 1.82) is 0 Å². The standard InChI is InChI=1S/C15H31NO2/c1-3-5-6-7-8-9-10-11-12-15(18)16-14(4-2)13-17/h14,17H,3-13H2,1-2H3,(H,16,18). The van der Waals surface area contributed by atoms with Gasteiger partial charge in [0.2, 0.25) is 5.91 Å². The molecule has 1 amide bonds. The number of carbonyl (C=O) groups is 1. The molecule has 0 saturated carbocycles. The second kappa shape index (κ2) is 12.9. The maximum Gasteiger partial charge on any atom is 0.220 e. The van der Waals surface area contributed by atoms with Crippen molar-refractivity contribution in [1.82, 2.24) is 5.32 Å². The summed E-state index contributed by atoms with van der Waals surface area (Å²) < 4.78 is 0. The highest BCUT2D eigenvalue weighted by molar-refractivity contribution is 5.76. The van der Waals surface area contributed by atoms with Crippen LogP contribution in [0.4, 0.5) is 0 Å². The predicted octanol–water partition coefficient (Wildman–Crippen LogP) is 3.40. The van der Waals surface area contributed by atoms with Crippen molar-refractivity contribution in [3.8, 4) is 0 Å². The van der Waals surface area contributed by atoms with Crippen molar-refractivity contribution in [2.45, 2.75) is 84.1 Å². The van der Waals surface area contributed by atoms with Crippen molar-refractivity contribution >= 4 is 5.91 Å². The Morgan fingerprint density at radius 2 is 1.56 bits per heavy atom. The highest BCUT2D eigenvalue weighted by atomic mass is 16.3. The van der Waals surface area contributed by atoms with Crippen molar-refractivity contribution in [3.63, 3.8) is 0 Å². The van der Waals surface area contributed by atoms with Crippen LogP contribution in [0.25, 0.3) is 0 Å². The number of rotatable bonds is 12. The normalized spacial score (nSPS) is 12.4. The first-order chi connectivity index (χ1) is 8.74. The zero-order valence-electron chi connectivity index (χ0n) is 12.2. The first-order valence-corrected chi connectivity index (χ1v) is 7.64. The van der Waals surface area contributed by atoms with Crippen molar-refractivity contribution < 1.29 is 9.90 Å². The predicted molar refractivity (Wildman–Crippen MR) is 76.5 cm³/mol. The van der Waals surface area contributed by atoms with Crippen LogP contribution in [0.3, 0.4) is 0 Å². The number of hydrogen-bond donors (Lipinski definition) is 2. The molecule has 3 nitrogen and oxygen atoms in total.